The Morgan fingerprint density at radius 3 is 2.65 bits per heavy atom. The van der Waals surface area contributed by atoms with Crippen molar-refractivity contribution in [2.24, 2.45) is 0 Å². The molecule has 2 rings (SSSR count). The summed E-state index contributed by atoms with van der Waals surface area (Å²) in [6.07, 6.45) is 0. The second-order valence-electron chi connectivity index (χ2n) is 4.74. The van der Waals surface area contributed by atoms with Crippen LogP contribution in [0.3, 0.4) is 0 Å². The Morgan fingerprint density at radius 1 is 1.35 bits per heavy atom. The van der Waals surface area contributed by atoms with E-state index >= 15 is 0 Å². The van der Waals surface area contributed by atoms with E-state index < -0.39 is 0 Å². The van der Waals surface area contributed by atoms with E-state index in [2.05, 4.69) is 16.5 Å². The van der Waals surface area contributed by atoms with Gasteiger partial charge in [-0.1, -0.05) is 18.2 Å². The Bertz CT molecular complexity index is 609. The van der Waals surface area contributed by atoms with Crippen LogP contribution < -0.4 is 11.1 Å². The van der Waals surface area contributed by atoms with E-state index in [-0.39, 0.29) is 0 Å². The molecule has 0 fully saturated rings. The van der Waals surface area contributed by atoms with E-state index in [0.717, 1.165) is 12.2 Å². The number of benzene rings is 1. The van der Waals surface area contributed by atoms with Crippen molar-refractivity contribution < 1.29 is 0 Å². The smallest absolute Gasteiger partial charge is 0.172 e. The van der Waals surface area contributed by atoms with Crippen molar-refractivity contribution in [2.45, 2.75) is 6.54 Å². The normalized spacial score (nSPS) is 10.5. The van der Waals surface area contributed by atoms with E-state index in [1.807, 2.05) is 49.3 Å². The Balaban J connectivity index is 2.25. The van der Waals surface area contributed by atoms with Gasteiger partial charge in [0, 0.05) is 12.2 Å². The van der Waals surface area contributed by atoms with Crippen LogP contribution in [0.5, 0.6) is 0 Å². The Morgan fingerprint density at radius 2 is 2.05 bits per heavy atom. The molecule has 2 aromatic rings. The lowest BCUT2D eigenvalue weighted by atomic mass is 10.3. The van der Waals surface area contributed by atoms with Gasteiger partial charge in [0.25, 0.3) is 0 Å². The topological polar surface area (TPSA) is 82.9 Å². The first kappa shape index (κ1) is 13.9. The van der Waals surface area contributed by atoms with Gasteiger partial charge in [0.05, 0.1) is 6.54 Å². The molecule has 0 aliphatic heterocycles. The predicted octanol–water partition coefficient (Wildman–Crippen LogP) is 1.64. The highest BCUT2D eigenvalue weighted by atomic mass is 15.4. The maximum absolute atomic E-state index is 9.23. The van der Waals surface area contributed by atoms with Crippen LogP contribution in [-0.2, 0) is 6.54 Å². The third-order valence-electron chi connectivity index (χ3n) is 2.90. The number of nitrogens with zero attached hydrogens (tertiary/aromatic N) is 4. The van der Waals surface area contributed by atoms with Gasteiger partial charge in [-0.05, 0) is 26.2 Å². The summed E-state index contributed by atoms with van der Waals surface area (Å²) < 4.78 is 1.66. The molecule has 20 heavy (non-hydrogen) atoms. The van der Waals surface area contributed by atoms with Gasteiger partial charge in [-0.25, -0.2) is 4.68 Å². The number of hydrogen-bond acceptors (Lipinski definition) is 5. The molecule has 0 saturated carbocycles. The molecule has 0 unspecified atom stereocenters. The summed E-state index contributed by atoms with van der Waals surface area (Å²) in [5.74, 6) is 0.891. The van der Waals surface area contributed by atoms with Crippen molar-refractivity contribution in [3.8, 4) is 6.07 Å². The first-order valence-electron chi connectivity index (χ1n) is 6.35. The number of nitrogens with one attached hydrogen (secondary N) is 1. The van der Waals surface area contributed by atoms with Crippen molar-refractivity contribution >= 4 is 17.3 Å². The van der Waals surface area contributed by atoms with Gasteiger partial charge >= 0.3 is 0 Å². The number of likely N-dealkylation sites (N-methyl/N-ethyl adjacent to an activating group) is 1. The van der Waals surface area contributed by atoms with Gasteiger partial charge in [0.1, 0.15) is 17.5 Å². The van der Waals surface area contributed by atoms with Crippen molar-refractivity contribution in [3.63, 3.8) is 0 Å². The summed E-state index contributed by atoms with van der Waals surface area (Å²) in [4.78, 5) is 2.04. The van der Waals surface area contributed by atoms with Crippen LogP contribution in [0.15, 0.2) is 30.3 Å². The lowest BCUT2D eigenvalue weighted by Crippen LogP contribution is -2.20. The average Bonchev–Trinajstić information content (AvgIpc) is 2.73. The second kappa shape index (κ2) is 6.08. The lowest BCUT2D eigenvalue weighted by Gasteiger charge is -2.09. The number of para-hydroxylation sites is 1. The van der Waals surface area contributed by atoms with Crippen LogP contribution in [0.1, 0.15) is 5.56 Å². The van der Waals surface area contributed by atoms with Gasteiger partial charge in [0.2, 0.25) is 0 Å². The van der Waals surface area contributed by atoms with Gasteiger partial charge in [0.15, 0.2) is 5.82 Å². The fourth-order valence-corrected chi connectivity index (χ4v) is 1.80. The molecule has 0 radical (unpaired) electrons. The highest BCUT2D eigenvalue weighted by Gasteiger charge is 2.15. The molecule has 0 spiro atoms. The van der Waals surface area contributed by atoms with Gasteiger partial charge in [-0.2, -0.15) is 10.4 Å². The third kappa shape index (κ3) is 3.08. The zero-order valence-electron chi connectivity index (χ0n) is 11.7. The molecule has 6 nitrogen and oxygen atoms in total. The molecule has 0 bridgehead atoms. The summed E-state index contributed by atoms with van der Waals surface area (Å²) in [5.41, 5.74) is 7.23. The van der Waals surface area contributed by atoms with Crippen LogP contribution in [0, 0.1) is 11.3 Å². The first-order chi connectivity index (χ1) is 9.61. The van der Waals surface area contributed by atoms with Crippen LogP contribution in [0.2, 0.25) is 0 Å². The van der Waals surface area contributed by atoms with Crippen molar-refractivity contribution in [1.82, 2.24) is 14.7 Å². The number of nitriles is 1. The molecule has 0 atom stereocenters. The number of nitrogen functional groups attached to an aromatic ring is 1. The predicted molar refractivity (Wildman–Crippen MR) is 79.6 cm³/mol. The van der Waals surface area contributed by atoms with Crippen LogP contribution >= 0.6 is 0 Å². The molecule has 0 saturated heterocycles. The van der Waals surface area contributed by atoms with E-state index in [1.165, 1.54) is 0 Å². The van der Waals surface area contributed by atoms with Crippen molar-refractivity contribution in [2.75, 3.05) is 31.7 Å². The highest BCUT2D eigenvalue weighted by molar-refractivity contribution is 5.69. The zero-order valence-corrected chi connectivity index (χ0v) is 11.7. The van der Waals surface area contributed by atoms with E-state index in [4.69, 9.17) is 5.73 Å². The molecular formula is C14H18N6. The SMILES string of the molecule is CN(C)CCn1nc(Nc2ccccc2)c(C#N)c1N. The summed E-state index contributed by atoms with van der Waals surface area (Å²) in [6.45, 7) is 1.45. The molecule has 6 heteroatoms. The zero-order chi connectivity index (χ0) is 14.5. The van der Waals surface area contributed by atoms with Crippen LogP contribution in [0.25, 0.3) is 0 Å². The van der Waals surface area contributed by atoms with E-state index in [1.54, 1.807) is 4.68 Å². The monoisotopic (exact) mass is 270 g/mol. The lowest BCUT2D eigenvalue weighted by molar-refractivity contribution is 0.375. The van der Waals surface area contributed by atoms with E-state index in [9.17, 15) is 5.26 Å². The molecule has 1 aromatic carbocycles. The molecule has 0 aliphatic carbocycles. The Hall–Kier alpha value is -2.52. The van der Waals surface area contributed by atoms with Crippen LogP contribution in [0.4, 0.5) is 17.3 Å². The minimum atomic E-state index is 0.382. The molecule has 1 aromatic heterocycles. The largest absolute Gasteiger partial charge is 0.383 e. The third-order valence-corrected chi connectivity index (χ3v) is 2.90. The minimum Gasteiger partial charge on any atom is -0.383 e. The molecular weight excluding hydrogens is 252 g/mol. The summed E-state index contributed by atoms with van der Waals surface area (Å²) in [6, 6.07) is 11.7. The van der Waals surface area contributed by atoms with Crippen molar-refractivity contribution in [3.05, 3.63) is 35.9 Å². The maximum atomic E-state index is 9.23. The number of hydrogen-bond donors (Lipinski definition) is 2. The van der Waals surface area contributed by atoms with E-state index in [0.29, 0.717) is 23.7 Å². The minimum absolute atomic E-state index is 0.382. The molecule has 0 aliphatic rings. The molecule has 0 amide bonds. The fourth-order valence-electron chi connectivity index (χ4n) is 1.80. The maximum Gasteiger partial charge on any atom is 0.172 e. The van der Waals surface area contributed by atoms with Crippen LogP contribution in [-0.4, -0.2) is 35.3 Å². The Labute approximate surface area is 118 Å². The fraction of sp³-hybridized carbons (Fsp3) is 0.286. The quantitative estimate of drug-likeness (QED) is 0.863. The summed E-state index contributed by atoms with van der Waals surface area (Å²) >= 11 is 0. The second-order valence-corrected chi connectivity index (χ2v) is 4.74. The van der Waals surface area contributed by atoms with Gasteiger partial charge < -0.3 is 16.0 Å². The molecule has 3 N–H and O–H groups in total. The molecule has 1 heterocycles. The summed E-state index contributed by atoms with van der Waals surface area (Å²) in [7, 11) is 3.96. The average molecular weight is 270 g/mol. The molecule has 104 valence electrons. The number of nitrogens with two attached hydrogens (primary N) is 1. The van der Waals surface area contributed by atoms with Gasteiger partial charge in [-0.15, -0.1) is 0 Å². The number of anilines is 3. The summed E-state index contributed by atoms with van der Waals surface area (Å²) in [5, 5.41) is 16.7. The Kier molecular flexibility index (Phi) is 4.23. The van der Waals surface area contributed by atoms with Crippen molar-refractivity contribution in [1.29, 1.82) is 5.26 Å². The van der Waals surface area contributed by atoms with Gasteiger partial charge in [-0.3, -0.25) is 0 Å². The first-order valence-corrected chi connectivity index (χ1v) is 6.35. The number of rotatable bonds is 5. The standard InChI is InChI=1S/C14H18N6/c1-19(2)8-9-20-13(16)12(10-15)14(18-20)17-11-6-4-3-5-7-11/h3-7H,8-9,16H2,1-2H3,(H,17,18). The highest BCUT2D eigenvalue weighted by Crippen LogP contribution is 2.23. The number of aromatic nitrogens is 2.